The molecule has 1 aliphatic heterocycles. The first kappa shape index (κ1) is 12.9. The van der Waals surface area contributed by atoms with Crippen LogP contribution in [0.3, 0.4) is 0 Å². The average molecular weight is 261 g/mol. The van der Waals surface area contributed by atoms with Crippen molar-refractivity contribution in [3.05, 3.63) is 29.3 Å². The maximum atomic E-state index is 5.69. The molecule has 1 saturated heterocycles. The van der Waals surface area contributed by atoms with Crippen LogP contribution in [-0.4, -0.2) is 26.4 Å². The molecule has 1 fully saturated rings. The highest BCUT2D eigenvalue weighted by Gasteiger charge is 2.22. The summed E-state index contributed by atoms with van der Waals surface area (Å²) in [6, 6.07) is 6.94. The van der Waals surface area contributed by atoms with Crippen molar-refractivity contribution in [2.24, 2.45) is 0 Å². The van der Waals surface area contributed by atoms with Gasteiger partial charge in [-0.1, -0.05) is 6.07 Å². The van der Waals surface area contributed by atoms with Crippen molar-refractivity contribution < 1.29 is 9.47 Å². The van der Waals surface area contributed by atoms with E-state index in [2.05, 4.69) is 23.5 Å². The fourth-order valence-corrected chi connectivity index (χ4v) is 3.20. The van der Waals surface area contributed by atoms with E-state index >= 15 is 0 Å². The molecule has 1 aliphatic carbocycles. The first-order chi connectivity index (χ1) is 9.36. The molecule has 1 heterocycles. The lowest BCUT2D eigenvalue weighted by atomic mass is 9.87. The molecule has 0 spiro atoms. The maximum Gasteiger partial charge on any atom is 0.119 e. The van der Waals surface area contributed by atoms with Crippen LogP contribution >= 0.6 is 0 Å². The van der Waals surface area contributed by atoms with Gasteiger partial charge >= 0.3 is 0 Å². The summed E-state index contributed by atoms with van der Waals surface area (Å²) in [5.74, 6) is 0.963. The van der Waals surface area contributed by atoms with Crippen LogP contribution in [0.5, 0.6) is 5.75 Å². The van der Waals surface area contributed by atoms with Crippen LogP contribution in [-0.2, 0) is 11.2 Å². The van der Waals surface area contributed by atoms with E-state index in [0.717, 1.165) is 18.9 Å². The minimum Gasteiger partial charge on any atom is -0.497 e. The van der Waals surface area contributed by atoms with Gasteiger partial charge in [-0.25, -0.2) is 0 Å². The van der Waals surface area contributed by atoms with E-state index in [1.807, 2.05) is 0 Å². The van der Waals surface area contributed by atoms with E-state index in [1.165, 1.54) is 43.2 Å². The maximum absolute atomic E-state index is 5.69. The Hall–Kier alpha value is -1.06. The number of hydrogen-bond donors (Lipinski definition) is 1. The van der Waals surface area contributed by atoms with Gasteiger partial charge in [-0.3, -0.25) is 0 Å². The Morgan fingerprint density at radius 2 is 2.26 bits per heavy atom. The summed E-state index contributed by atoms with van der Waals surface area (Å²) < 4.78 is 11.0. The summed E-state index contributed by atoms with van der Waals surface area (Å²) in [5, 5.41) is 3.69. The highest BCUT2D eigenvalue weighted by molar-refractivity contribution is 5.39. The van der Waals surface area contributed by atoms with Crippen molar-refractivity contribution in [2.75, 3.05) is 20.3 Å². The molecule has 1 aromatic rings. The average Bonchev–Trinajstić information content (AvgIpc) is 2.97. The van der Waals surface area contributed by atoms with E-state index in [9.17, 15) is 0 Å². The molecule has 3 nitrogen and oxygen atoms in total. The van der Waals surface area contributed by atoms with Crippen LogP contribution in [0.25, 0.3) is 0 Å². The molecule has 0 aromatic heterocycles. The molecular formula is C16H23NO2. The van der Waals surface area contributed by atoms with E-state index in [0.29, 0.717) is 12.1 Å². The molecular weight excluding hydrogens is 238 g/mol. The van der Waals surface area contributed by atoms with E-state index < -0.39 is 0 Å². The predicted molar refractivity (Wildman–Crippen MR) is 75.6 cm³/mol. The Balaban J connectivity index is 1.69. The molecule has 0 amide bonds. The molecule has 0 saturated carbocycles. The second-order valence-electron chi connectivity index (χ2n) is 5.55. The van der Waals surface area contributed by atoms with Crippen LogP contribution in [0.1, 0.15) is 42.9 Å². The number of rotatable bonds is 4. The van der Waals surface area contributed by atoms with Gasteiger partial charge in [-0.2, -0.15) is 0 Å². The van der Waals surface area contributed by atoms with E-state index in [4.69, 9.17) is 9.47 Å². The van der Waals surface area contributed by atoms with Gasteiger partial charge in [0.05, 0.1) is 13.2 Å². The van der Waals surface area contributed by atoms with E-state index in [1.54, 1.807) is 7.11 Å². The zero-order chi connectivity index (χ0) is 13.1. The Labute approximate surface area is 115 Å². The topological polar surface area (TPSA) is 30.5 Å². The molecule has 1 aromatic carbocycles. The molecule has 19 heavy (non-hydrogen) atoms. The molecule has 2 aliphatic rings. The van der Waals surface area contributed by atoms with Gasteiger partial charge in [0.15, 0.2) is 0 Å². The lowest BCUT2D eigenvalue weighted by Gasteiger charge is -2.28. The molecule has 104 valence electrons. The van der Waals surface area contributed by atoms with Gasteiger partial charge in [0.25, 0.3) is 0 Å². The quantitative estimate of drug-likeness (QED) is 0.904. The normalized spacial score (nSPS) is 26.2. The molecule has 3 rings (SSSR count). The second-order valence-corrected chi connectivity index (χ2v) is 5.55. The van der Waals surface area contributed by atoms with Crippen molar-refractivity contribution in [3.63, 3.8) is 0 Å². The fraction of sp³-hybridized carbons (Fsp3) is 0.625. The summed E-state index contributed by atoms with van der Waals surface area (Å²) in [6.07, 6.45) is 6.50. The molecule has 2 unspecified atom stereocenters. The smallest absolute Gasteiger partial charge is 0.119 e. The third kappa shape index (κ3) is 2.93. The second kappa shape index (κ2) is 5.93. The molecule has 3 heteroatoms. The number of fused-ring (bicyclic) bond motifs is 1. The lowest BCUT2D eigenvalue weighted by Crippen LogP contribution is -2.32. The number of nitrogens with one attached hydrogen (secondary N) is 1. The van der Waals surface area contributed by atoms with Gasteiger partial charge in [0.1, 0.15) is 5.75 Å². The van der Waals surface area contributed by atoms with Gasteiger partial charge < -0.3 is 14.8 Å². The van der Waals surface area contributed by atoms with Crippen LogP contribution in [0.2, 0.25) is 0 Å². The summed E-state index contributed by atoms with van der Waals surface area (Å²) in [5.41, 5.74) is 2.89. The zero-order valence-corrected chi connectivity index (χ0v) is 11.7. The van der Waals surface area contributed by atoms with Crippen LogP contribution in [0, 0.1) is 0 Å². The lowest BCUT2D eigenvalue weighted by molar-refractivity contribution is 0.107. The number of hydrogen-bond acceptors (Lipinski definition) is 3. The van der Waals surface area contributed by atoms with Crippen molar-refractivity contribution in [1.82, 2.24) is 5.32 Å². The molecule has 2 atom stereocenters. The Morgan fingerprint density at radius 1 is 1.32 bits per heavy atom. The highest BCUT2D eigenvalue weighted by Crippen LogP contribution is 2.32. The minimum absolute atomic E-state index is 0.413. The summed E-state index contributed by atoms with van der Waals surface area (Å²) in [4.78, 5) is 0. The Kier molecular flexibility index (Phi) is 4.04. The Morgan fingerprint density at radius 3 is 3.05 bits per heavy atom. The van der Waals surface area contributed by atoms with Crippen molar-refractivity contribution >= 4 is 0 Å². The van der Waals surface area contributed by atoms with Crippen LogP contribution in [0.4, 0.5) is 0 Å². The number of aryl methyl sites for hydroxylation is 1. The summed E-state index contributed by atoms with van der Waals surface area (Å²) in [7, 11) is 1.74. The molecule has 1 N–H and O–H groups in total. The highest BCUT2D eigenvalue weighted by atomic mass is 16.5. The summed E-state index contributed by atoms with van der Waals surface area (Å²) >= 11 is 0. The van der Waals surface area contributed by atoms with Crippen molar-refractivity contribution in [3.8, 4) is 5.75 Å². The SMILES string of the molecule is COc1ccc2c(c1)C(NCC1CCCO1)CCC2. The summed E-state index contributed by atoms with van der Waals surface area (Å²) in [6.45, 7) is 1.91. The van der Waals surface area contributed by atoms with Gasteiger partial charge in [-0.05, 0) is 55.4 Å². The van der Waals surface area contributed by atoms with Crippen molar-refractivity contribution in [2.45, 2.75) is 44.2 Å². The predicted octanol–water partition coefficient (Wildman–Crippen LogP) is 2.84. The molecule has 0 bridgehead atoms. The first-order valence-corrected chi connectivity index (χ1v) is 7.38. The monoisotopic (exact) mass is 261 g/mol. The molecule has 0 radical (unpaired) electrons. The standard InChI is InChI=1S/C16H23NO2/c1-18-13-8-7-12-4-2-6-16(15(12)10-13)17-11-14-5-3-9-19-14/h7-8,10,14,16-17H,2-6,9,11H2,1H3. The van der Waals surface area contributed by atoms with Crippen LogP contribution in [0.15, 0.2) is 18.2 Å². The third-order valence-electron chi connectivity index (χ3n) is 4.28. The third-order valence-corrected chi connectivity index (χ3v) is 4.28. The van der Waals surface area contributed by atoms with E-state index in [-0.39, 0.29) is 0 Å². The van der Waals surface area contributed by atoms with Gasteiger partial charge in [-0.15, -0.1) is 0 Å². The number of benzene rings is 1. The largest absolute Gasteiger partial charge is 0.497 e. The first-order valence-electron chi connectivity index (χ1n) is 7.38. The van der Waals surface area contributed by atoms with Gasteiger partial charge in [0.2, 0.25) is 0 Å². The number of methoxy groups -OCH3 is 1. The van der Waals surface area contributed by atoms with Gasteiger partial charge in [0, 0.05) is 19.2 Å². The van der Waals surface area contributed by atoms with Crippen LogP contribution < -0.4 is 10.1 Å². The van der Waals surface area contributed by atoms with Crippen molar-refractivity contribution in [1.29, 1.82) is 0 Å². The Bertz CT molecular complexity index is 427. The fourth-order valence-electron chi connectivity index (χ4n) is 3.20. The zero-order valence-electron chi connectivity index (χ0n) is 11.7. The number of ether oxygens (including phenoxy) is 2. The minimum atomic E-state index is 0.413.